The number of carbonyl (C=O) groups is 1. The van der Waals surface area contributed by atoms with Crippen LogP contribution in [0.15, 0.2) is 42.5 Å². The minimum atomic E-state index is -0.687. The number of hydrogen-bond acceptors (Lipinski definition) is 2. The summed E-state index contributed by atoms with van der Waals surface area (Å²) in [4.78, 5) is 12.3. The van der Waals surface area contributed by atoms with Crippen LogP contribution < -0.4 is 4.74 Å². The van der Waals surface area contributed by atoms with Crippen molar-refractivity contribution in [1.82, 2.24) is 0 Å². The van der Waals surface area contributed by atoms with Crippen molar-refractivity contribution in [2.75, 3.05) is 0 Å². The summed E-state index contributed by atoms with van der Waals surface area (Å²) in [7, 11) is 0. The molecular formula is C16H12ClFO2. The summed E-state index contributed by atoms with van der Waals surface area (Å²) < 4.78 is 19.5. The van der Waals surface area contributed by atoms with E-state index in [0.29, 0.717) is 11.3 Å². The smallest absolute Gasteiger partial charge is 0.196 e. The first-order valence-electron chi connectivity index (χ1n) is 6.40. The molecular weight excluding hydrogens is 279 g/mol. The van der Waals surface area contributed by atoms with Crippen molar-refractivity contribution in [2.24, 2.45) is 0 Å². The molecule has 0 aromatic heterocycles. The highest BCUT2D eigenvalue weighted by atomic mass is 35.5. The average molecular weight is 291 g/mol. The van der Waals surface area contributed by atoms with E-state index in [1.807, 2.05) is 0 Å². The van der Waals surface area contributed by atoms with Crippen LogP contribution >= 0.6 is 11.6 Å². The summed E-state index contributed by atoms with van der Waals surface area (Å²) in [5.41, 5.74) is 0.366. The Morgan fingerprint density at radius 3 is 2.70 bits per heavy atom. The molecule has 0 heterocycles. The van der Waals surface area contributed by atoms with Crippen LogP contribution in [-0.2, 0) is 0 Å². The van der Waals surface area contributed by atoms with Gasteiger partial charge in [-0.25, -0.2) is 4.39 Å². The van der Waals surface area contributed by atoms with Crippen molar-refractivity contribution in [3.8, 4) is 5.75 Å². The number of ketones is 1. The van der Waals surface area contributed by atoms with Crippen LogP contribution in [0.25, 0.3) is 0 Å². The lowest BCUT2D eigenvalue weighted by atomic mass is 10.0. The van der Waals surface area contributed by atoms with Gasteiger partial charge in [0.2, 0.25) is 0 Å². The van der Waals surface area contributed by atoms with Crippen LogP contribution in [0.4, 0.5) is 4.39 Å². The SMILES string of the molecule is O=C(c1cccc(OC2CC2)c1)c1cccc(Cl)c1F. The van der Waals surface area contributed by atoms with Crippen molar-refractivity contribution in [1.29, 1.82) is 0 Å². The van der Waals surface area contributed by atoms with Crippen LogP contribution in [0.5, 0.6) is 5.75 Å². The molecule has 102 valence electrons. The van der Waals surface area contributed by atoms with Gasteiger partial charge in [0.25, 0.3) is 0 Å². The number of ether oxygens (including phenoxy) is 1. The fourth-order valence-electron chi connectivity index (χ4n) is 1.92. The van der Waals surface area contributed by atoms with Crippen LogP contribution in [0.3, 0.4) is 0 Å². The van der Waals surface area contributed by atoms with E-state index in [-0.39, 0.29) is 16.7 Å². The molecule has 0 aliphatic heterocycles. The zero-order valence-electron chi connectivity index (χ0n) is 10.6. The van der Waals surface area contributed by atoms with E-state index >= 15 is 0 Å². The van der Waals surface area contributed by atoms with Gasteiger partial charge < -0.3 is 4.74 Å². The maximum Gasteiger partial charge on any atom is 0.196 e. The molecule has 1 saturated carbocycles. The Morgan fingerprint density at radius 2 is 1.95 bits per heavy atom. The van der Waals surface area contributed by atoms with Gasteiger partial charge in [-0.05, 0) is 37.1 Å². The molecule has 2 aromatic rings. The summed E-state index contributed by atoms with van der Waals surface area (Å²) in [5.74, 6) is -0.445. The molecule has 20 heavy (non-hydrogen) atoms. The van der Waals surface area contributed by atoms with Gasteiger partial charge in [-0.2, -0.15) is 0 Å². The summed E-state index contributed by atoms with van der Waals surface area (Å²) in [6, 6.07) is 11.2. The van der Waals surface area contributed by atoms with E-state index in [1.165, 1.54) is 12.1 Å². The summed E-state index contributed by atoms with van der Waals surface area (Å²) in [6.45, 7) is 0. The molecule has 0 atom stereocenters. The second-order valence-corrected chi connectivity index (χ2v) is 5.18. The van der Waals surface area contributed by atoms with Crippen LogP contribution in [0, 0.1) is 5.82 Å². The Bertz CT molecular complexity index is 665. The Labute approximate surface area is 121 Å². The molecule has 1 fully saturated rings. The predicted molar refractivity (Wildman–Crippen MR) is 74.9 cm³/mol. The molecule has 3 rings (SSSR count). The van der Waals surface area contributed by atoms with Crippen molar-refractivity contribution in [3.05, 3.63) is 64.4 Å². The highest BCUT2D eigenvalue weighted by Crippen LogP contribution is 2.28. The Hall–Kier alpha value is -1.87. The van der Waals surface area contributed by atoms with Crippen LogP contribution in [-0.4, -0.2) is 11.9 Å². The zero-order chi connectivity index (χ0) is 14.1. The largest absolute Gasteiger partial charge is 0.490 e. The second-order valence-electron chi connectivity index (χ2n) is 4.78. The van der Waals surface area contributed by atoms with Crippen LogP contribution in [0.1, 0.15) is 28.8 Å². The number of carbonyl (C=O) groups excluding carboxylic acids is 1. The van der Waals surface area contributed by atoms with Crippen molar-refractivity contribution < 1.29 is 13.9 Å². The average Bonchev–Trinajstić information content (AvgIpc) is 3.25. The monoisotopic (exact) mass is 290 g/mol. The van der Waals surface area contributed by atoms with Crippen molar-refractivity contribution >= 4 is 17.4 Å². The molecule has 0 unspecified atom stereocenters. The van der Waals surface area contributed by atoms with Crippen molar-refractivity contribution in [3.63, 3.8) is 0 Å². The van der Waals surface area contributed by atoms with Gasteiger partial charge in [0.05, 0.1) is 16.7 Å². The third kappa shape index (κ3) is 2.68. The summed E-state index contributed by atoms with van der Waals surface area (Å²) in [5, 5.41) is -0.0544. The molecule has 0 saturated heterocycles. The van der Waals surface area contributed by atoms with E-state index in [2.05, 4.69) is 0 Å². The topological polar surface area (TPSA) is 26.3 Å². The van der Waals surface area contributed by atoms with Gasteiger partial charge in [0.15, 0.2) is 11.6 Å². The molecule has 0 spiro atoms. The summed E-state index contributed by atoms with van der Waals surface area (Å²) in [6.07, 6.45) is 2.34. The molecule has 0 N–H and O–H groups in total. The predicted octanol–water partition coefficient (Wildman–Crippen LogP) is 4.25. The first-order chi connectivity index (χ1) is 9.65. The molecule has 1 aliphatic rings. The normalized spacial score (nSPS) is 14.1. The molecule has 0 amide bonds. The van der Waals surface area contributed by atoms with Gasteiger partial charge in [-0.15, -0.1) is 0 Å². The fraction of sp³-hybridized carbons (Fsp3) is 0.188. The molecule has 2 nitrogen and oxygen atoms in total. The minimum Gasteiger partial charge on any atom is -0.490 e. The van der Waals surface area contributed by atoms with Crippen molar-refractivity contribution in [2.45, 2.75) is 18.9 Å². The molecule has 1 aliphatic carbocycles. The third-order valence-electron chi connectivity index (χ3n) is 3.12. The lowest BCUT2D eigenvalue weighted by Crippen LogP contribution is -2.05. The van der Waals surface area contributed by atoms with Gasteiger partial charge in [-0.1, -0.05) is 29.8 Å². The number of halogens is 2. The van der Waals surface area contributed by atoms with Gasteiger partial charge >= 0.3 is 0 Å². The lowest BCUT2D eigenvalue weighted by molar-refractivity contribution is 0.103. The molecule has 0 radical (unpaired) electrons. The Balaban J connectivity index is 1.91. The molecule has 2 aromatic carbocycles. The second kappa shape index (κ2) is 5.25. The van der Waals surface area contributed by atoms with E-state index in [1.54, 1.807) is 30.3 Å². The Morgan fingerprint density at radius 1 is 1.20 bits per heavy atom. The number of rotatable bonds is 4. The standard InChI is InChI=1S/C16H12ClFO2/c17-14-6-2-5-13(15(14)18)16(19)10-3-1-4-12(9-10)20-11-7-8-11/h1-6,9,11H,7-8H2. The van der Waals surface area contributed by atoms with E-state index in [4.69, 9.17) is 16.3 Å². The van der Waals surface area contributed by atoms with E-state index in [9.17, 15) is 9.18 Å². The van der Waals surface area contributed by atoms with E-state index < -0.39 is 11.6 Å². The maximum absolute atomic E-state index is 13.9. The highest BCUT2D eigenvalue weighted by Gasteiger charge is 2.24. The maximum atomic E-state index is 13.9. The Kier molecular flexibility index (Phi) is 3.45. The first kappa shape index (κ1) is 13.1. The van der Waals surface area contributed by atoms with Gasteiger partial charge in [0.1, 0.15) is 5.75 Å². The van der Waals surface area contributed by atoms with E-state index in [0.717, 1.165) is 12.8 Å². The van der Waals surface area contributed by atoms with Gasteiger partial charge in [-0.3, -0.25) is 4.79 Å². The molecule has 4 heteroatoms. The highest BCUT2D eigenvalue weighted by molar-refractivity contribution is 6.31. The minimum absolute atomic E-state index is 0.0268. The summed E-state index contributed by atoms with van der Waals surface area (Å²) >= 11 is 5.70. The lowest BCUT2D eigenvalue weighted by Gasteiger charge is -2.07. The van der Waals surface area contributed by atoms with Gasteiger partial charge in [0, 0.05) is 5.56 Å². The number of benzene rings is 2. The third-order valence-corrected chi connectivity index (χ3v) is 3.41. The fourth-order valence-corrected chi connectivity index (χ4v) is 2.10. The quantitative estimate of drug-likeness (QED) is 0.787. The molecule has 0 bridgehead atoms. The van der Waals surface area contributed by atoms with Crippen LogP contribution in [0.2, 0.25) is 5.02 Å². The zero-order valence-corrected chi connectivity index (χ0v) is 11.4. The first-order valence-corrected chi connectivity index (χ1v) is 6.78. The number of hydrogen-bond donors (Lipinski definition) is 0.